The fraction of sp³-hybridized carbons (Fsp3) is 0.684. The Labute approximate surface area is 187 Å². The molecule has 2 rings (SSSR count). The molecule has 4 N–H and O–H groups in total. The van der Waals surface area contributed by atoms with Crippen molar-refractivity contribution in [2.24, 2.45) is 0 Å². The van der Waals surface area contributed by atoms with Gasteiger partial charge in [-0.05, 0) is 24.9 Å². The summed E-state index contributed by atoms with van der Waals surface area (Å²) in [7, 11) is 0. The molecule has 13 heteroatoms. The number of amides is 1. The molecule has 1 aliphatic rings. The van der Waals surface area contributed by atoms with Crippen LogP contribution in [0.4, 0.5) is 4.39 Å². The van der Waals surface area contributed by atoms with Crippen molar-refractivity contribution >= 4 is 23.6 Å². The summed E-state index contributed by atoms with van der Waals surface area (Å²) in [5.41, 5.74) is -2.28. The molecule has 32 heavy (non-hydrogen) atoms. The molecular weight excluding hydrogens is 449 g/mol. The predicted molar refractivity (Wildman–Crippen MR) is 113 cm³/mol. The Bertz CT molecular complexity index is 907. The van der Waals surface area contributed by atoms with Crippen molar-refractivity contribution in [2.45, 2.75) is 63.2 Å². The summed E-state index contributed by atoms with van der Waals surface area (Å²) in [5, 5.41) is 23.1. The number of aliphatic hydroxyl groups is 2. The van der Waals surface area contributed by atoms with E-state index in [1.54, 1.807) is 4.98 Å². The van der Waals surface area contributed by atoms with Crippen LogP contribution in [0.25, 0.3) is 0 Å². The summed E-state index contributed by atoms with van der Waals surface area (Å²) >= 11 is 1.49. The molecule has 1 saturated heterocycles. The van der Waals surface area contributed by atoms with Gasteiger partial charge in [0.25, 0.3) is 5.56 Å². The number of unbranched alkanes of at least 4 members (excludes halogenated alkanes) is 1. The van der Waals surface area contributed by atoms with E-state index in [1.807, 2.05) is 13.2 Å². The Morgan fingerprint density at radius 2 is 2.09 bits per heavy atom. The summed E-state index contributed by atoms with van der Waals surface area (Å²) < 4.78 is 24.7. The van der Waals surface area contributed by atoms with Crippen LogP contribution in [0.1, 0.15) is 38.8 Å². The van der Waals surface area contributed by atoms with Crippen molar-refractivity contribution in [1.29, 1.82) is 0 Å². The number of hydrogen-bond acceptors (Lipinski definition) is 9. The molecule has 1 aliphatic heterocycles. The van der Waals surface area contributed by atoms with Gasteiger partial charge in [-0.15, -0.1) is 0 Å². The Morgan fingerprint density at radius 1 is 1.38 bits per heavy atom. The summed E-state index contributed by atoms with van der Waals surface area (Å²) in [5.74, 6) is -1.69. The molecular formula is C19H28FN3O8S. The number of carbonyl (C=O) groups is 2. The van der Waals surface area contributed by atoms with Crippen molar-refractivity contribution < 1.29 is 33.7 Å². The number of nitrogens with one attached hydrogen (secondary N) is 2. The fourth-order valence-electron chi connectivity index (χ4n) is 3.10. The average Bonchev–Trinajstić information content (AvgIpc) is 3.04. The standard InChI is InChI=1S/C19H28FN3O8S/c1-3-4-5-13(24)21-11(6-7-32-2)18(28)30-9-12-14(25)15(26)17(31-12)23-8-10(20)16(27)22-19(23)29/h8,11-12,14-15,17,25-26H,3-7,9H2,1-2H3,(H,21,24)(H,22,27,29)/t11-,12-,14?,15?,17-/m0/s1. The third-order valence-electron chi connectivity index (χ3n) is 4.91. The first-order valence-electron chi connectivity index (χ1n) is 10.2. The number of carbonyl (C=O) groups excluding carboxylic acids is 2. The minimum atomic E-state index is -1.65. The Kier molecular flexibility index (Phi) is 9.87. The first kappa shape index (κ1) is 26.0. The maximum atomic E-state index is 13.6. The molecule has 0 spiro atoms. The van der Waals surface area contributed by atoms with Crippen LogP contribution in [0, 0.1) is 5.82 Å². The second-order valence-electron chi connectivity index (χ2n) is 7.33. The number of aliphatic hydroxyl groups excluding tert-OH is 2. The zero-order valence-corrected chi connectivity index (χ0v) is 18.6. The molecule has 0 aromatic carbocycles. The molecule has 0 radical (unpaired) electrons. The van der Waals surface area contributed by atoms with Crippen LogP contribution in [-0.4, -0.2) is 74.6 Å². The number of thioether (sulfide) groups is 1. The van der Waals surface area contributed by atoms with E-state index < -0.39 is 60.2 Å². The van der Waals surface area contributed by atoms with Crippen molar-refractivity contribution in [1.82, 2.24) is 14.9 Å². The lowest BCUT2D eigenvalue weighted by Gasteiger charge is -2.20. The SMILES string of the molecule is CCCCC(=O)N[C@@H](CCSC)C(=O)OC[C@@H]1O[C@H](n2cc(F)c(=O)[nH]c2=O)C(O)C1O. The zero-order chi connectivity index (χ0) is 23.8. The smallest absolute Gasteiger partial charge is 0.330 e. The molecule has 1 fully saturated rings. The first-order valence-corrected chi connectivity index (χ1v) is 11.6. The van der Waals surface area contributed by atoms with Crippen LogP contribution in [-0.2, 0) is 19.1 Å². The largest absolute Gasteiger partial charge is 0.461 e. The number of halogens is 1. The molecule has 180 valence electrons. The minimum Gasteiger partial charge on any atom is -0.461 e. The van der Waals surface area contributed by atoms with E-state index in [-0.39, 0.29) is 12.3 Å². The molecule has 0 saturated carbocycles. The van der Waals surface area contributed by atoms with Gasteiger partial charge in [0, 0.05) is 6.42 Å². The Morgan fingerprint density at radius 3 is 2.75 bits per heavy atom. The minimum absolute atomic E-state index is 0.276. The van der Waals surface area contributed by atoms with Crippen molar-refractivity contribution in [3.05, 3.63) is 32.9 Å². The maximum absolute atomic E-state index is 13.6. The number of aromatic amines is 1. The van der Waals surface area contributed by atoms with E-state index >= 15 is 0 Å². The van der Waals surface area contributed by atoms with E-state index in [9.17, 15) is 33.8 Å². The van der Waals surface area contributed by atoms with Crippen molar-refractivity contribution in [3.8, 4) is 0 Å². The summed E-state index contributed by atoms with van der Waals surface area (Å²) in [6.45, 7) is 1.46. The van der Waals surface area contributed by atoms with Gasteiger partial charge in [-0.25, -0.2) is 9.59 Å². The summed E-state index contributed by atoms with van der Waals surface area (Å²) in [6.07, 6.45) is -1.40. The molecule has 1 amide bonds. The van der Waals surface area contributed by atoms with Gasteiger partial charge >= 0.3 is 11.7 Å². The first-order chi connectivity index (χ1) is 15.2. The van der Waals surface area contributed by atoms with Gasteiger partial charge in [-0.1, -0.05) is 13.3 Å². The highest BCUT2D eigenvalue weighted by atomic mass is 32.2. The number of rotatable bonds is 11. The molecule has 0 bridgehead atoms. The van der Waals surface area contributed by atoms with Gasteiger partial charge in [0.15, 0.2) is 6.23 Å². The fourth-order valence-corrected chi connectivity index (χ4v) is 3.57. The highest BCUT2D eigenvalue weighted by Crippen LogP contribution is 2.28. The van der Waals surface area contributed by atoms with Crippen LogP contribution < -0.4 is 16.6 Å². The van der Waals surface area contributed by atoms with E-state index in [0.29, 0.717) is 29.4 Å². The number of ether oxygens (including phenoxy) is 2. The summed E-state index contributed by atoms with van der Waals surface area (Å²) in [4.78, 5) is 49.3. The van der Waals surface area contributed by atoms with Crippen molar-refractivity contribution in [2.75, 3.05) is 18.6 Å². The van der Waals surface area contributed by atoms with Gasteiger partial charge in [-0.3, -0.25) is 19.1 Å². The number of esters is 1. The quantitative estimate of drug-likeness (QED) is 0.301. The van der Waals surface area contributed by atoms with E-state index in [2.05, 4.69) is 5.32 Å². The van der Waals surface area contributed by atoms with Crippen molar-refractivity contribution in [3.63, 3.8) is 0 Å². The second-order valence-corrected chi connectivity index (χ2v) is 8.31. The zero-order valence-electron chi connectivity index (χ0n) is 17.8. The van der Waals surface area contributed by atoms with Crippen LogP contribution in [0.15, 0.2) is 15.8 Å². The number of H-pyrrole nitrogens is 1. The van der Waals surface area contributed by atoms with Gasteiger partial charge in [0.05, 0.1) is 6.20 Å². The van der Waals surface area contributed by atoms with E-state index in [4.69, 9.17) is 9.47 Å². The normalized spacial score (nSPS) is 23.7. The lowest BCUT2D eigenvalue weighted by atomic mass is 10.1. The Balaban J connectivity index is 2.02. The van der Waals surface area contributed by atoms with E-state index in [0.717, 1.165) is 6.42 Å². The number of nitrogens with zero attached hydrogens (tertiary/aromatic N) is 1. The molecule has 5 atom stereocenters. The van der Waals surface area contributed by atoms with Gasteiger partial charge in [0.1, 0.15) is 31.0 Å². The van der Waals surface area contributed by atoms with Crippen LogP contribution in [0.3, 0.4) is 0 Å². The highest BCUT2D eigenvalue weighted by Gasteiger charge is 2.45. The third kappa shape index (κ3) is 6.64. The number of hydrogen-bond donors (Lipinski definition) is 4. The Hall–Kier alpha value is -2.22. The lowest BCUT2D eigenvalue weighted by molar-refractivity contribution is -0.154. The van der Waals surface area contributed by atoms with Gasteiger partial charge in [0.2, 0.25) is 11.7 Å². The topological polar surface area (TPSA) is 160 Å². The second kappa shape index (κ2) is 12.1. The van der Waals surface area contributed by atoms with Gasteiger partial charge < -0.3 is 25.0 Å². The van der Waals surface area contributed by atoms with Crippen LogP contribution in [0.5, 0.6) is 0 Å². The molecule has 2 heterocycles. The molecule has 0 aliphatic carbocycles. The highest BCUT2D eigenvalue weighted by molar-refractivity contribution is 7.98. The molecule has 1 aromatic rings. The number of aromatic nitrogens is 2. The lowest BCUT2D eigenvalue weighted by Crippen LogP contribution is -2.43. The monoisotopic (exact) mass is 477 g/mol. The molecule has 1 aromatic heterocycles. The van der Waals surface area contributed by atoms with E-state index in [1.165, 1.54) is 11.8 Å². The van der Waals surface area contributed by atoms with Crippen LogP contribution >= 0.6 is 11.8 Å². The predicted octanol–water partition coefficient (Wildman–Crippen LogP) is -0.734. The summed E-state index contributed by atoms with van der Waals surface area (Å²) in [6, 6.07) is -0.887. The third-order valence-corrected chi connectivity index (χ3v) is 5.56. The molecule has 11 nitrogen and oxygen atoms in total. The molecule has 2 unspecified atom stereocenters. The van der Waals surface area contributed by atoms with Crippen LogP contribution in [0.2, 0.25) is 0 Å². The maximum Gasteiger partial charge on any atom is 0.330 e. The van der Waals surface area contributed by atoms with Gasteiger partial charge in [-0.2, -0.15) is 16.2 Å². The average molecular weight is 478 g/mol.